The normalized spacial score (nSPS) is 10.9. The quantitative estimate of drug-likeness (QED) is 0.337. The largest absolute Gasteiger partial charge is 0.500 e. The molecule has 0 bridgehead atoms. The summed E-state index contributed by atoms with van der Waals surface area (Å²) in [7, 11) is 1.23. The van der Waals surface area contributed by atoms with Gasteiger partial charge in [0.05, 0.1) is 12.0 Å². The molecule has 0 spiro atoms. The number of hydrogen-bond donors (Lipinski definition) is 2. The number of nitriles is 1. The molecule has 10 nitrogen and oxygen atoms in total. The lowest BCUT2D eigenvalue weighted by Crippen LogP contribution is -2.13. The number of nitrogens with zero attached hydrogens (tertiary/aromatic N) is 4. The van der Waals surface area contributed by atoms with E-state index in [1.54, 1.807) is 6.07 Å². The van der Waals surface area contributed by atoms with E-state index < -0.39 is 22.3 Å². The first kappa shape index (κ1) is 18.8. The molecule has 0 atom stereocenters. The number of nitro groups is 1. The second kappa shape index (κ2) is 8.04. The average Bonchev–Trinajstić information content (AvgIpc) is 3.07. The third kappa shape index (κ3) is 4.11. The van der Waals surface area contributed by atoms with Gasteiger partial charge in [0.25, 0.3) is 5.91 Å². The minimum atomic E-state index is -0.797. The van der Waals surface area contributed by atoms with Crippen molar-refractivity contribution in [3.63, 3.8) is 0 Å². The monoisotopic (exact) mass is 375 g/mol. The fraction of sp³-hybridized carbons (Fsp3) is 0.200. The number of phenols is 1. The second-order valence-electron chi connectivity index (χ2n) is 4.83. The number of aryl methyl sites for hydroxylation is 1. The lowest BCUT2D eigenvalue weighted by atomic mass is 10.1. The number of methoxy groups -OCH3 is 1. The van der Waals surface area contributed by atoms with Gasteiger partial charge in [0.1, 0.15) is 16.6 Å². The van der Waals surface area contributed by atoms with E-state index in [9.17, 15) is 25.3 Å². The van der Waals surface area contributed by atoms with Gasteiger partial charge in [-0.3, -0.25) is 20.2 Å². The molecule has 134 valence electrons. The molecule has 2 rings (SSSR count). The SMILES string of the molecule is CCc1nnc(NC(=O)/C(C#N)=C/c2cc(OC)c(O)c([N+](=O)[O-])c2)s1. The lowest BCUT2D eigenvalue weighted by molar-refractivity contribution is -0.386. The van der Waals surface area contributed by atoms with E-state index >= 15 is 0 Å². The van der Waals surface area contributed by atoms with Crippen molar-refractivity contribution in [2.24, 2.45) is 0 Å². The third-order valence-corrected chi connectivity index (χ3v) is 4.14. The van der Waals surface area contributed by atoms with E-state index in [1.807, 2.05) is 6.92 Å². The van der Waals surface area contributed by atoms with E-state index in [0.717, 1.165) is 17.2 Å². The summed E-state index contributed by atoms with van der Waals surface area (Å²) in [5.74, 6) is -1.53. The van der Waals surface area contributed by atoms with Crippen molar-refractivity contribution < 1.29 is 19.6 Å². The molecule has 0 saturated carbocycles. The van der Waals surface area contributed by atoms with Gasteiger partial charge in [0, 0.05) is 6.07 Å². The van der Waals surface area contributed by atoms with Gasteiger partial charge in [0.2, 0.25) is 10.9 Å². The molecular formula is C15H13N5O5S. The minimum absolute atomic E-state index is 0.143. The first-order valence-electron chi connectivity index (χ1n) is 7.20. The van der Waals surface area contributed by atoms with Crippen LogP contribution in [0.3, 0.4) is 0 Å². The van der Waals surface area contributed by atoms with Crippen LogP contribution in [0.4, 0.5) is 10.8 Å². The van der Waals surface area contributed by atoms with E-state index in [1.165, 1.54) is 24.5 Å². The van der Waals surface area contributed by atoms with Crippen molar-refractivity contribution in [3.8, 4) is 17.6 Å². The Morgan fingerprint density at radius 3 is 2.81 bits per heavy atom. The highest BCUT2D eigenvalue weighted by molar-refractivity contribution is 7.15. The zero-order valence-corrected chi connectivity index (χ0v) is 14.5. The van der Waals surface area contributed by atoms with Crippen LogP contribution in [0.1, 0.15) is 17.5 Å². The Labute approximate surface area is 151 Å². The zero-order chi connectivity index (χ0) is 19.3. The van der Waals surface area contributed by atoms with E-state index in [0.29, 0.717) is 6.42 Å². The van der Waals surface area contributed by atoms with Crippen LogP contribution in [0.15, 0.2) is 17.7 Å². The number of rotatable bonds is 6. The number of nitrogens with one attached hydrogen (secondary N) is 1. The molecule has 1 heterocycles. The van der Waals surface area contributed by atoms with Crippen LogP contribution in [0.25, 0.3) is 6.08 Å². The topological polar surface area (TPSA) is 151 Å². The molecular weight excluding hydrogens is 362 g/mol. The molecule has 0 aliphatic rings. The van der Waals surface area contributed by atoms with Crippen molar-refractivity contribution in [1.29, 1.82) is 5.26 Å². The smallest absolute Gasteiger partial charge is 0.315 e. The predicted octanol–water partition coefficient (Wildman–Crippen LogP) is 2.27. The number of anilines is 1. The highest BCUT2D eigenvalue weighted by atomic mass is 32.1. The zero-order valence-electron chi connectivity index (χ0n) is 13.7. The molecule has 0 radical (unpaired) electrons. The maximum Gasteiger partial charge on any atom is 0.315 e. The first-order chi connectivity index (χ1) is 12.4. The molecule has 1 amide bonds. The van der Waals surface area contributed by atoms with E-state index in [-0.39, 0.29) is 22.0 Å². The highest BCUT2D eigenvalue weighted by Crippen LogP contribution is 2.37. The number of phenolic OH excluding ortho intramolecular Hbond substituents is 1. The summed E-state index contributed by atoms with van der Waals surface area (Å²) < 4.78 is 4.88. The number of aromatic nitrogens is 2. The molecule has 0 aliphatic heterocycles. The molecule has 11 heteroatoms. The van der Waals surface area contributed by atoms with Crippen LogP contribution >= 0.6 is 11.3 Å². The van der Waals surface area contributed by atoms with E-state index in [4.69, 9.17) is 4.74 Å². The first-order valence-corrected chi connectivity index (χ1v) is 8.02. The van der Waals surface area contributed by atoms with Crippen molar-refractivity contribution in [1.82, 2.24) is 10.2 Å². The lowest BCUT2D eigenvalue weighted by Gasteiger charge is -2.06. The Bertz CT molecular complexity index is 931. The molecule has 0 aliphatic carbocycles. The summed E-state index contributed by atoms with van der Waals surface area (Å²) in [5, 5.41) is 41.0. The van der Waals surface area contributed by atoms with Gasteiger partial charge in [0.15, 0.2) is 5.75 Å². The van der Waals surface area contributed by atoms with Crippen LogP contribution < -0.4 is 10.1 Å². The number of carbonyl (C=O) groups excluding carboxylic acids is 1. The summed E-state index contributed by atoms with van der Waals surface area (Å²) in [5.41, 5.74) is -0.769. The summed E-state index contributed by atoms with van der Waals surface area (Å²) >= 11 is 1.18. The molecule has 0 saturated heterocycles. The van der Waals surface area contributed by atoms with Gasteiger partial charge >= 0.3 is 5.69 Å². The Morgan fingerprint density at radius 2 is 2.27 bits per heavy atom. The van der Waals surface area contributed by atoms with Gasteiger partial charge in [-0.25, -0.2) is 0 Å². The molecule has 26 heavy (non-hydrogen) atoms. The third-order valence-electron chi connectivity index (χ3n) is 3.16. The van der Waals surface area contributed by atoms with Crippen LogP contribution in [0.2, 0.25) is 0 Å². The van der Waals surface area contributed by atoms with Crippen LogP contribution in [-0.4, -0.2) is 33.2 Å². The summed E-state index contributed by atoms with van der Waals surface area (Å²) in [6.07, 6.45) is 1.80. The van der Waals surface area contributed by atoms with Crippen LogP contribution in [0.5, 0.6) is 11.5 Å². The Morgan fingerprint density at radius 1 is 1.54 bits per heavy atom. The molecule has 2 aromatic rings. The number of amides is 1. The fourth-order valence-electron chi connectivity index (χ4n) is 1.92. The standard InChI is InChI=1S/C15H13N5O5S/c1-3-12-18-19-15(26-12)17-14(22)9(7-16)4-8-5-10(20(23)24)13(21)11(6-8)25-2/h4-6,21H,3H2,1-2H3,(H,17,19,22)/b9-4+. The number of aromatic hydroxyl groups is 1. The maximum absolute atomic E-state index is 12.2. The molecule has 1 aromatic carbocycles. The number of carbonyl (C=O) groups is 1. The van der Waals surface area contributed by atoms with Gasteiger partial charge in [-0.2, -0.15) is 5.26 Å². The Kier molecular flexibility index (Phi) is 5.82. The number of hydrogen-bond acceptors (Lipinski definition) is 9. The average molecular weight is 375 g/mol. The summed E-state index contributed by atoms with van der Waals surface area (Å²) in [6, 6.07) is 4.03. The van der Waals surface area contributed by atoms with Gasteiger partial charge < -0.3 is 9.84 Å². The molecule has 1 aromatic heterocycles. The van der Waals surface area contributed by atoms with Gasteiger partial charge in [-0.1, -0.05) is 18.3 Å². The van der Waals surface area contributed by atoms with Crippen LogP contribution in [-0.2, 0) is 11.2 Å². The van der Waals surface area contributed by atoms with Crippen molar-refractivity contribution in [2.75, 3.05) is 12.4 Å². The Hall–Kier alpha value is -3.52. The fourth-order valence-corrected chi connectivity index (χ4v) is 2.59. The molecule has 2 N–H and O–H groups in total. The van der Waals surface area contributed by atoms with Crippen molar-refractivity contribution >= 4 is 34.1 Å². The summed E-state index contributed by atoms with van der Waals surface area (Å²) in [4.78, 5) is 22.4. The molecule has 0 fully saturated rings. The Balaban J connectivity index is 2.35. The summed E-state index contributed by atoms with van der Waals surface area (Å²) in [6.45, 7) is 1.89. The van der Waals surface area contributed by atoms with Crippen LogP contribution in [0, 0.1) is 21.4 Å². The predicted molar refractivity (Wildman–Crippen MR) is 92.8 cm³/mol. The number of ether oxygens (including phenoxy) is 1. The van der Waals surface area contributed by atoms with Gasteiger partial charge in [-0.05, 0) is 24.1 Å². The van der Waals surface area contributed by atoms with Crippen molar-refractivity contribution in [2.45, 2.75) is 13.3 Å². The minimum Gasteiger partial charge on any atom is -0.500 e. The number of nitro benzene ring substituents is 1. The van der Waals surface area contributed by atoms with Gasteiger partial charge in [-0.15, -0.1) is 10.2 Å². The van der Waals surface area contributed by atoms with E-state index in [2.05, 4.69) is 15.5 Å². The second-order valence-corrected chi connectivity index (χ2v) is 5.89. The highest BCUT2D eigenvalue weighted by Gasteiger charge is 2.20. The molecule has 0 unspecified atom stereocenters. The maximum atomic E-state index is 12.2. The number of benzene rings is 1. The van der Waals surface area contributed by atoms with Crippen molar-refractivity contribution in [3.05, 3.63) is 38.4 Å².